The normalized spacial score (nSPS) is 18.8. The average Bonchev–Trinajstić information content (AvgIpc) is 2.54. The second-order valence-electron chi connectivity index (χ2n) is 6.42. The fraction of sp³-hybridized carbons (Fsp3) is 0.611. The Kier molecular flexibility index (Phi) is 5.83. The zero-order valence-electron chi connectivity index (χ0n) is 13.9. The van der Waals surface area contributed by atoms with Gasteiger partial charge in [-0.3, -0.25) is 4.79 Å². The van der Waals surface area contributed by atoms with Gasteiger partial charge in [-0.25, -0.2) is 0 Å². The molecule has 2 rings (SSSR count). The van der Waals surface area contributed by atoms with E-state index in [-0.39, 0.29) is 17.9 Å². The number of likely N-dealkylation sites (tertiary alicyclic amines) is 1. The van der Waals surface area contributed by atoms with Crippen molar-refractivity contribution >= 4 is 5.91 Å². The van der Waals surface area contributed by atoms with Crippen LogP contribution in [-0.4, -0.2) is 37.0 Å². The van der Waals surface area contributed by atoms with Crippen molar-refractivity contribution in [3.05, 3.63) is 29.8 Å². The van der Waals surface area contributed by atoms with E-state index >= 15 is 0 Å². The maximum absolute atomic E-state index is 12.5. The molecule has 0 spiro atoms. The van der Waals surface area contributed by atoms with Gasteiger partial charge in [-0.2, -0.15) is 0 Å². The summed E-state index contributed by atoms with van der Waals surface area (Å²) in [5.41, 5.74) is 7.06. The number of piperidine rings is 1. The number of para-hydroxylation sites is 1. The van der Waals surface area contributed by atoms with Crippen molar-refractivity contribution in [1.82, 2.24) is 4.90 Å². The van der Waals surface area contributed by atoms with Gasteiger partial charge in [-0.15, -0.1) is 0 Å². The van der Waals surface area contributed by atoms with Crippen LogP contribution in [0.5, 0.6) is 5.75 Å². The Morgan fingerprint density at radius 3 is 2.55 bits per heavy atom. The van der Waals surface area contributed by atoms with E-state index in [9.17, 15) is 4.79 Å². The Labute approximate surface area is 133 Å². The van der Waals surface area contributed by atoms with E-state index in [1.807, 2.05) is 29.2 Å². The quantitative estimate of drug-likeness (QED) is 0.910. The molecule has 0 aliphatic carbocycles. The van der Waals surface area contributed by atoms with Crippen LogP contribution in [0.15, 0.2) is 24.3 Å². The third kappa shape index (κ3) is 4.01. The lowest BCUT2D eigenvalue weighted by atomic mass is 9.90. The second kappa shape index (κ2) is 7.63. The minimum Gasteiger partial charge on any atom is -0.496 e. The van der Waals surface area contributed by atoms with Crippen molar-refractivity contribution in [3.63, 3.8) is 0 Å². The third-order valence-electron chi connectivity index (χ3n) is 4.79. The maximum atomic E-state index is 12.5. The lowest BCUT2D eigenvalue weighted by molar-refractivity contribution is -0.133. The van der Waals surface area contributed by atoms with Crippen molar-refractivity contribution in [2.75, 3.05) is 20.2 Å². The number of nitrogens with zero attached hydrogens (tertiary/aromatic N) is 1. The Balaban J connectivity index is 1.92. The number of rotatable bonds is 5. The first-order chi connectivity index (χ1) is 10.5. The first-order valence-corrected chi connectivity index (χ1v) is 8.19. The van der Waals surface area contributed by atoms with Gasteiger partial charge in [0.25, 0.3) is 0 Å². The summed E-state index contributed by atoms with van der Waals surface area (Å²) in [4.78, 5) is 14.5. The highest BCUT2D eigenvalue weighted by atomic mass is 16.5. The van der Waals surface area contributed by atoms with Crippen LogP contribution in [0, 0.1) is 5.92 Å². The largest absolute Gasteiger partial charge is 0.496 e. The van der Waals surface area contributed by atoms with E-state index in [2.05, 4.69) is 13.8 Å². The Hall–Kier alpha value is -1.55. The smallest absolute Gasteiger partial charge is 0.223 e. The fourth-order valence-electron chi connectivity index (χ4n) is 3.25. The second-order valence-corrected chi connectivity index (χ2v) is 6.42. The third-order valence-corrected chi connectivity index (χ3v) is 4.79. The molecule has 1 aliphatic heterocycles. The summed E-state index contributed by atoms with van der Waals surface area (Å²) < 4.78 is 5.40. The van der Waals surface area contributed by atoms with Gasteiger partial charge in [0, 0.05) is 25.6 Å². The molecule has 2 atom stereocenters. The van der Waals surface area contributed by atoms with Crippen molar-refractivity contribution in [2.45, 2.75) is 45.1 Å². The summed E-state index contributed by atoms with van der Waals surface area (Å²) in [6.07, 6.45) is 2.57. The minimum atomic E-state index is 0.162. The first kappa shape index (κ1) is 16.8. The number of ether oxygens (including phenoxy) is 1. The molecule has 0 aromatic heterocycles. The highest BCUT2D eigenvalue weighted by molar-refractivity contribution is 5.77. The Morgan fingerprint density at radius 2 is 1.95 bits per heavy atom. The van der Waals surface area contributed by atoms with Crippen LogP contribution in [0.2, 0.25) is 0 Å². The van der Waals surface area contributed by atoms with Gasteiger partial charge in [0.1, 0.15) is 5.75 Å². The molecule has 2 unspecified atom stereocenters. The highest BCUT2D eigenvalue weighted by Gasteiger charge is 2.26. The topological polar surface area (TPSA) is 55.6 Å². The first-order valence-electron chi connectivity index (χ1n) is 8.19. The fourth-order valence-corrected chi connectivity index (χ4v) is 3.25. The van der Waals surface area contributed by atoms with Crippen molar-refractivity contribution in [1.29, 1.82) is 0 Å². The Bertz CT molecular complexity index is 494. The highest BCUT2D eigenvalue weighted by Crippen LogP contribution is 2.29. The average molecular weight is 304 g/mol. The number of carbonyl (C=O) groups excluding carboxylic acids is 1. The van der Waals surface area contributed by atoms with E-state index < -0.39 is 0 Å². The van der Waals surface area contributed by atoms with E-state index in [1.54, 1.807) is 7.11 Å². The summed E-state index contributed by atoms with van der Waals surface area (Å²) in [6, 6.07) is 8.16. The van der Waals surface area contributed by atoms with Crippen molar-refractivity contribution in [2.24, 2.45) is 11.7 Å². The zero-order chi connectivity index (χ0) is 16.1. The van der Waals surface area contributed by atoms with E-state index in [4.69, 9.17) is 10.5 Å². The monoisotopic (exact) mass is 304 g/mol. The predicted octanol–water partition coefficient (Wildman–Crippen LogP) is 2.77. The van der Waals surface area contributed by atoms with Gasteiger partial charge in [0.15, 0.2) is 0 Å². The molecule has 4 heteroatoms. The maximum Gasteiger partial charge on any atom is 0.223 e. The van der Waals surface area contributed by atoms with Crippen LogP contribution < -0.4 is 10.5 Å². The molecule has 1 heterocycles. The molecular formula is C18H28N2O2. The van der Waals surface area contributed by atoms with E-state index in [0.717, 1.165) is 37.2 Å². The van der Waals surface area contributed by atoms with Crippen LogP contribution in [0.25, 0.3) is 0 Å². The van der Waals surface area contributed by atoms with E-state index in [1.165, 1.54) is 0 Å². The molecule has 1 fully saturated rings. The molecule has 122 valence electrons. The van der Waals surface area contributed by atoms with Crippen LogP contribution in [0.3, 0.4) is 0 Å². The molecule has 2 N–H and O–H groups in total. The van der Waals surface area contributed by atoms with Gasteiger partial charge in [0.2, 0.25) is 5.91 Å². The minimum absolute atomic E-state index is 0.162. The summed E-state index contributed by atoms with van der Waals surface area (Å²) in [6.45, 7) is 5.82. The van der Waals surface area contributed by atoms with Gasteiger partial charge >= 0.3 is 0 Å². The van der Waals surface area contributed by atoms with Crippen molar-refractivity contribution < 1.29 is 9.53 Å². The van der Waals surface area contributed by atoms with Gasteiger partial charge in [-0.05, 0) is 43.2 Å². The molecule has 4 nitrogen and oxygen atoms in total. The summed E-state index contributed by atoms with van der Waals surface area (Å²) in [7, 11) is 1.67. The molecule has 0 saturated carbocycles. The zero-order valence-corrected chi connectivity index (χ0v) is 13.9. The number of hydrogen-bond donors (Lipinski definition) is 1. The molecular weight excluding hydrogens is 276 g/mol. The lowest BCUT2D eigenvalue weighted by Crippen LogP contribution is -2.42. The molecule has 0 bridgehead atoms. The van der Waals surface area contributed by atoms with Crippen LogP contribution in [0.4, 0.5) is 0 Å². The predicted molar refractivity (Wildman–Crippen MR) is 89.0 cm³/mol. The number of carbonyl (C=O) groups is 1. The molecule has 1 aliphatic rings. The standard InChI is InChI=1S/C18H28N2O2/c1-13(16-6-4-5-7-17(16)22-3)12-18(21)20-10-8-15(9-11-20)14(2)19/h4-7,13-15H,8-12,19H2,1-3H3. The van der Waals surface area contributed by atoms with Crippen LogP contribution >= 0.6 is 0 Å². The number of benzene rings is 1. The molecule has 1 amide bonds. The number of amides is 1. The summed E-state index contributed by atoms with van der Waals surface area (Å²) in [5, 5.41) is 0. The SMILES string of the molecule is COc1ccccc1C(C)CC(=O)N1CCC(C(C)N)CC1. The summed E-state index contributed by atoms with van der Waals surface area (Å²) in [5.74, 6) is 1.81. The van der Waals surface area contributed by atoms with Gasteiger partial charge < -0.3 is 15.4 Å². The molecule has 0 radical (unpaired) electrons. The lowest BCUT2D eigenvalue weighted by Gasteiger charge is -2.34. The molecule has 22 heavy (non-hydrogen) atoms. The van der Waals surface area contributed by atoms with Gasteiger partial charge in [0.05, 0.1) is 7.11 Å². The molecule has 1 aromatic carbocycles. The van der Waals surface area contributed by atoms with E-state index in [0.29, 0.717) is 12.3 Å². The number of hydrogen-bond acceptors (Lipinski definition) is 3. The van der Waals surface area contributed by atoms with Crippen LogP contribution in [0.1, 0.15) is 44.6 Å². The number of nitrogens with two attached hydrogens (primary N) is 1. The summed E-state index contributed by atoms with van der Waals surface area (Å²) >= 11 is 0. The van der Waals surface area contributed by atoms with Crippen LogP contribution in [-0.2, 0) is 4.79 Å². The molecule has 1 saturated heterocycles. The van der Waals surface area contributed by atoms with Gasteiger partial charge in [-0.1, -0.05) is 25.1 Å². The number of methoxy groups -OCH3 is 1. The van der Waals surface area contributed by atoms with Crippen molar-refractivity contribution in [3.8, 4) is 5.75 Å². The Morgan fingerprint density at radius 1 is 1.32 bits per heavy atom. The molecule has 1 aromatic rings.